The zero-order valence-electron chi connectivity index (χ0n) is 21.2. The summed E-state index contributed by atoms with van der Waals surface area (Å²) in [7, 11) is 0. The molecule has 0 saturated carbocycles. The molecule has 5 rings (SSSR count). The van der Waals surface area contributed by atoms with Gasteiger partial charge in [-0.15, -0.1) is 0 Å². The van der Waals surface area contributed by atoms with Gasteiger partial charge >= 0.3 is 0 Å². The van der Waals surface area contributed by atoms with Gasteiger partial charge in [0.15, 0.2) is 0 Å². The van der Waals surface area contributed by atoms with Crippen LogP contribution in [0.25, 0.3) is 0 Å². The molecule has 5 heteroatoms. The Hall–Kier alpha value is -0.200. The van der Waals surface area contributed by atoms with Crippen molar-refractivity contribution in [2.24, 2.45) is 0 Å². The highest BCUT2D eigenvalue weighted by Crippen LogP contribution is 2.39. The lowest BCUT2D eigenvalue weighted by molar-refractivity contribution is -0.0855. The van der Waals surface area contributed by atoms with Crippen molar-refractivity contribution in [3.05, 3.63) is 0 Å². The minimum absolute atomic E-state index is 0.349. The van der Waals surface area contributed by atoms with Gasteiger partial charge in [-0.25, -0.2) is 0 Å². The molecule has 5 aliphatic rings. The number of hydrogen-bond donors (Lipinski definition) is 0. The van der Waals surface area contributed by atoms with Crippen LogP contribution in [-0.4, -0.2) is 106 Å². The number of piperazine rings is 2. The zero-order chi connectivity index (χ0) is 22.1. The van der Waals surface area contributed by atoms with Crippen LogP contribution in [0.1, 0.15) is 75.2 Å². The topological polar surface area (TPSA) is 22.2 Å². The fourth-order valence-electron chi connectivity index (χ4n) is 6.69. The third-order valence-corrected chi connectivity index (χ3v) is 8.20. The van der Waals surface area contributed by atoms with Crippen LogP contribution < -0.4 is 0 Å². The van der Waals surface area contributed by atoms with E-state index in [0.717, 1.165) is 43.4 Å². The molecular weight excluding hydrogens is 372 g/mol. The summed E-state index contributed by atoms with van der Waals surface area (Å²) >= 11 is 0. The largest absolute Gasteiger partial charge is 0.378 e. The molecule has 0 aliphatic carbocycles. The fourth-order valence-corrected chi connectivity index (χ4v) is 6.69. The van der Waals surface area contributed by atoms with Gasteiger partial charge in [0.1, 0.15) is 0 Å². The van der Waals surface area contributed by atoms with Crippen LogP contribution in [0.4, 0.5) is 0 Å². The lowest BCUT2D eigenvalue weighted by Crippen LogP contribution is -2.59. The lowest BCUT2D eigenvalue weighted by Gasteiger charge is -2.46. The van der Waals surface area contributed by atoms with Gasteiger partial charge in [-0.05, 0) is 75.2 Å². The van der Waals surface area contributed by atoms with Crippen LogP contribution in [0, 0.1) is 0 Å². The Balaban J connectivity index is 0.000000145. The minimum Gasteiger partial charge on any atom is -0.378 e. The van der Waals surface area contributed by atoms with Crippen LogP contribution in [0.5, 0.6) is 0 Å². The standard InChI is InChI=1S/C13H26N2.C12H22N2O/c1-12(2,3)14-8-11-7-10(14)9-15(11)13(4,5)6;1-12(2,3)14-6-9-4-10(14)5-13(9)11-7-15-8-11/h10-11H,7-9H2,1-6H3;9-11H,4-8H2,1-3H3. The summed E-state index contributed by atoms with van der Waals surface area (Å²) in [6.45, 7) is 28.1. The smallest absolute Gasteiger partial charge is 0.0645 e. The molecule has 4 atom stereocenters. The summed E-state index contributed by atoms with van der Waals surface area (Å²) in [6.07, 6.45) is 2.77. The normalized spacial score (nSPS) is 36.3. The van der Waals surface area contributed by atoms with Crippen LogP contribution in [0.3, 0.4) is 0 Å². The SMILES string of the molecule is CC(C)(C)N1CC2CC1CN2C(C)(C)C.CC(C)(C)N1CC2CC1CN2C1COC1. The first-order valence-corrected chi connectivity index (χ1v) is 12.4. The van der Waals surface area contributed by atoms with Crippen molar-refractivity contribution in [1.29, 1.82) is 0 Å². The molecule has 174 valence electrons. The molecule has 0 spiro atoms. The number of ether oxygens (including phenoxy) is 1. The van der Waals surface area contributed by atoms with E-state index in [9.17, 15) is 0 Å². The van der Waals surface area contributed by atoms with Crippen molar-refractivity contribution in [2.75, 3.05) is 39.4 Å². The molecule has 4 unspecified atom stereocenters. The van der Waals surface area contributed by atoms with Crippen LogP contribution in [0.15, 0.2) is 0 Å². The summed E-state index contributed by atoms with van der Waals surface area (Å²) in [5.74, 6) is 0. The molecule has 0 N–H and O–H groups in total. The predicted molar refractivity (Wildman–Crippen MR) is 125 cm³/mol. The van der Waals surface area contributed by atoms with Gasteiger partial charge in [0.25, 0.3) is 0 Å². The van der Waals surface area contributed by atoms with Crippen LogP contribution >= 0.6 is 0 Å². The molecule has 0 radical (unpaired) electrons. The Morgan fingerprint density at radius 2 is 0.867 bits per heavy atom. The predicted octanol–water partition coefficient (Wildman–Crippen LogP) is 3.28. The second-order valence-electron chi connectivity index (χ2n) is 13.4. The van der Waals surface area contributed by atoms with E-state index in [1.165, 1.54) is 39.0 Å². The number of rotatable bonds is 1. The van der Waals surface area contributed by atoms with Gasteiger partial charge in [-0.1, -0.05) is 0 Å². The molecule has 0 aromatic heterocycles. The van der Waals surface area contributed by atoms with Crippen molar-refractivity contribution < 1.29 is 4.74 Å². The van der Waals surface area contributed by atoms with Crippen molar-refractivity contribution in [3.8, 4) is 0 Å². The van der Waals surface area contributed by atoms with E-state index >= 15 is 0 Å². The van der Waals surface area contributed by atoms with Gasteiger partial charge in [0.2, 0.25) is 0 Å². The summed E-state index contributed by atoms with van der Waals surface area (Å²) in [5, 5.41) is 0. The maximum Gasteiger partial charge on any atom is 0.0645 e. The Kier molecular flexibility index (Phi) is 5.89. The molecule has 5 aliphatic heterocycles. The molecule has 4 bridgehead atoms. The average Bonchev–Trinajstić information content (AvgIpc) is 3.30. The summed E-state index contributed by atoms with van der Waals surface area (Å²) in [6, 6.07) is 3.95. The first kappa shape index (κ1) is 23.0. The van der Waals surface area contributed by atoms with Crippen molar-refractivity contribution >= 4 is 0 Å². The second-order valence-corrected chi connectivity index (χ2v) is 13.4. The summed E-state index contributed by atoms with van der Waals surface area (Å²) in [4.78, 5) is 10.8. The highest BCUT2D eigenvalue weighted by molar-refractivity contribution is 5.06. The van der Waals surface area contributed by atoms with E-state index in [2.05, 4.69) is 81.9 Å². The summed E-state index contributed by atoms with van der Waals surface area (Å²) in [5.41, 5.74) is 1.05. The van der Waals surface area contributed by atoms with Gasteiger partial charge < -0.3 is 4.74 Å². The molecule has 5 saturated heterocycles. The van der Waals surface area contributed by atoms with E-state index < -0.39 is 0 Å². The monoisotopic (exact) mass is 420 g/mol. The first-order chi connectivity index (χ1) is 13.7. The number of likely N-dealkylation sites (tertiary alicyclic amines) is 4. The third-order valence-electron chi connectivity index (χ3n) is 8.20. The highest BCUT2D eigenvalue weighted by atomic mass is 16.5. The molecule has 0 amide bonds. The number of hydrogen-bond acceptors (Lipinski definition) is 5. The van der Waals surface area contributed by atoms with Crippen LogP contribution in [-0.2, 0) is 4.74 Å². The summed E-state index contributed by atoms with van der Waals surface area (Å²) < 4.78 is 5.29. The van der Waals surface area contributed by atoms with E-state index in [0.29, 0.717) is 16.6 Å². The van der Waals surface area contributed by atoms with Gasteiger partial charge in [0, 0.05) is 67.0 Å². The first-order valence-electron chi connectivity index (χ1n) is 12.4. The lowest BCUT2D eigenvalue weighted by atomic mass is 10.0. The van der Waals surface area contributed by atoms with E-state index in [-0.39, 0.29) is 0 Å². The molecule has 30 heavy (non-hydrogen) atoms. The molecule has 5 nitrogen and oxygen atoms in total. The highest BCUT2D eigenvalue weighted by Gasteiger charge is 2.50. The zero-order valence-corrected chi connectivity index (χ0v) is 21.2. The number of nitrogens with zero attached hydrogens (tertiary/aromatic N) is 4. The van der Waals surface area contributed by atoms with Crippen LogP contribution in [0.2, 0.25) is 0 Å². The van der Waals surface area contributed by atoms with E-state index in [1.807, 2.05) is 0 Å². The number of fused-ring (bicyclic) bond motifs is 4. The maximum absolute atomic E-state index is 5.29. The van der Waals surface area contributed by atoms with Gasteiger partial charge in [-0.2, -0.15) is 0 Å². The van der Waals surface area contributed by atoms with Gasteiger partial charge in [-0.3, -0.25) is 19.6 Å². The Labute approximate surface area is 186 Å². The quantitative estimate of drug-likeness (QED) is 0.647. The second kappa shape index (κ2) is 7.69. The molecule has 0 aromatic carbocycles. The maximum atomic E-state index is 5.29. The molecule has 5 heterocycles. The molecule has 5 fully saturated rings. The van der Waals surface area contributed by atoms with Gasteiger partial charge in [0.05, 0.1) is 19.3 Å². The van der Waals surface area contributed by atoms with Crippen molar-refractivity contribution in [3.63, 3.8) is 0 Å². The average molecular weight is 421 g/mol. The van der Waals surface area contributed by atoms with E-state index in [1.54, 1.807) is 0 Å². The Morgan fingerprint density at radius 1 is 0.500 bits per heavy atom. The molecule has 0 aromatic rings. The fraction of sp³-hybridized carbons (Fsp3) is 1.00. The van der Waals surface area contributed by atoms with E-state index in [4.69, 9.17) is 4.74 Å². The third kappa shape index (κ3) is 4.34. The van der Waals surface area contributed by atoms with Crippen molar-refractivity contribution in [2.45, 2.75) is 122 Å². The minimum atomic E-state index is 0.349. The molecular formula is C25H48N4O. The van der Waals surface area contributed by atoms with Crippen molar-refractivity contribution in [1.82, 2.24) is 19.6 Å². The Morgan fingerprint density at radius 3 is 1.13 bits per heavy atom. The Bertz CT molecular complexity index is 586.